The van der Waals surface area contributed by atoms with E-state index in [1.54, 1.807) is 0 Å². The molecule has 0 spiro atoms. The predicted molar refractivity (Wildman–Crippen MR) is 61.1 cm³/mol. The zero-order chi connectivity index (χ0) is 13.1. The molecule has 1 rings (SSSR count). The number of benzene rings is 1. The van der Waals surface area contributed by atoms with Crippen LogP contribution in [0.5, 0.6) is 0 Å². The molecule has 0 atom stereocenters. The molecule has 0 saturated carbocycles. The molecular weight excluding hydrogens is 297 g/mol. The van der Waals surface area contributed by atoms with Gasteiger partial charge in [-0.05, 0) is 24.3 Å². The Morgan fingerprint density at radius 1 is 1.18 bits per heavy atom. The maximum Gasteiger partial charge on any atom is 0.501 e. The Hall–Kier alpha value is -0.400. The first kappa shape index (κ1) is 14.7. The van der Waals surface area contributed by atoms with Crippen LogP contribution in [0.3, 0.4) is 0 Å². The third kappa shape index (κ3) is 3.53. The lowest BCUT2D eigenvalue weighted by atomic mass is 10.4. The second-order valence-electron chi connectivity index (χ2n) is 2.96. The summed E-state index contributed by atoms with van der Waals surface area (Å²) in [5.74, 6) is 1.01. The van der Waals surface area contributed by atoms with Gasteiger partial charge in [0.25, 0.3) is 9.84 Å². The molecule has 0 fully saturated rings. The summed E-state index contributed by atoms with van der Waals surface area (Å²) in [5, 5.41) is 0. The van der Waals surface area contributed by atoms with E-state index in [2.05, 4.69) is 0 Å². The van der Waals surface area contributed by atoms with Gasteiger partial charge in [-0.3, -0.25) is 0 Å². The van der Waals surface area contributed by atoms with Gasteiger partial charge < -0.3 is 0 Å². The third-order valence-electron chi connectivity index (χ3n) is 1.78. The van der Waals surface area contributed by atoms with E-state index >= 15 is 0 Å². The number of rotatable bonds is 4. The first-order valence-corrected chi connectivity index (χ1v) is 7.39. The monoisotopic (exact) mass is 304 g/mol. The summed E-state index contributed by atoms with van der Waals surface area (Å²) in [6, 6.07) is 4.55. The maximum atomic E-state index is 12.2. The Balaban J connectivity index is 2.96. The Morgan fingerprint density at radius 3 is 2.12 bits per heavy atom. The topological polar surface area (TPSA) is 34.1 Å². The van der Waals surface area contributed by atoms with Gasteiger partial charge in [0.1, 0.15) is 0 Å². The van der Waals surface area contributed by atoms with Crippen LogP contribution in [0.1, 0.15) is 0 Å². The fraction of sp³-hybridized carbons (Fsp3) is 0.333. The number of hydrogen-bond acceptors (Lipinski definition) is 3. The van der Waals surface area contributed by atoms with Crippen LogP contribution in [0.2, 0.25) is 0 Å². The van der Waals surface area contributed by atoms with E-state index in [4.69, 9.17) is 11.6 Å². The fourth-order valence-electron chi connectivity index (χ4n) is 1.01. The van der Waals surface area contributed by atoms with Gasteiger partial charge in [0.05, 0.1) is 4.90 Å². The molecule has 0 radical (unpaired) electrons. The quantitative estimate of drug-likeness (QED) is 0.632. The molecule has 0 bridgehead atoms. The third-order valence-corrected chi connectivity index (χ3v) is 4.71. The zero-order valence-electron chi connectivity index (χ0n) is 8.37. The molecule has 17 heavy (non-hydrogen) atoms. The standard InChI is InChI=1S/C9H8ClF3O2S2/c10-5-6-16-7-1-3-8(4-2-7)17(14,15)9(11,12)13/h1-4H,5-6H2. The molecular formula is C9H8ClF3O2S2. The lowest BCUT2D eigenvalue weighted by Crippen LogP contribution is -2.23. The van der Waals surface area contributed by atoms with E-state index in [1.807, 2.05) is 0 Å². The largest absolute Gasteiger partial charge is 0.501 e. The van der Waals surface area contributed by atoms with Gasteiger partial charge in [-0.15, -0.1) is 23.4 Å². The molecule has 0 unspecified atom stereocenters. The summed E-state index contributed by atoms with van der Waals surface area (Å²) in [6.45, 7) is 0. The van der Waals surface area contributed by atoms with Crippen molar-refractivity contribution in [2.75, 3.05) is 11.6 Å². The van der Waals surface area contributed by atoms with Gasteiger partial charge in [-0.2, -0.15) is 13.2 Å². The van der Waals surface area contributed by atoms with Crippen molar-refractivity contribution in [3.05, 3.63) is 24.3 Å². The minimum absolute atomic E-state index is 0.410. The normalized spacial score (nSPS) is 12.7. The SMILES string of the molecule is O=S(=O)(c1ccc(SCCCl)cc1)C(F)(F)F. The number of halogens is 4. The summed E-state index contributed by atoms with van der Waals surface area (Å²) < 4.78 is 58.7. The second kappa shape index (κ2) is 5.49. The van der Waals surface area contributed by atoms with Crippen molar-refractivity contribution in [1.82, 2.24) is 0 Å². The molecule has 8 heteroatoms. The van der Waals surface area contributed by atoms with Gasteiger partial charge in [-0.1, -0.05) is 0 Å². The Labute approximate surface area is 106 Å². The summed E-state index contributed by atoms with van der Waals surface area (Å²) >= 11 is 6.79. The van der Waals surface area contributed by atoms with Crippen molar-refractivity contribution >= 4 is 33.2 Å². The molecule has 0 aromatic heterocycles. The average Bonchev–Trinajstić information content (AvgIpc) is 2.25. The summed E-state index contributed by atoms with van der Waals surface area (Å²) in [7, 11) is -5.25. The molecule has 1 aromatic rings. The van der Waals surface area contributed by atoms with Crippen molar-refractivity contribution in [2.45, 2.75) is 15.3 Å². The highest BCUT2D eigenvalue weighted by molar-refractivity contribution is 7.99. The van der Waals surface area contributed by atoms with E-state index in [-0.39, 0.29) is 0 Å². The highest BCUT2D eigenvalue weighted by atomic mass is 35.5. The smallest absolute Gasteiger partial charge is 0.214 e. The van der Waals surface area contributed by atoms with Crippen molar-refractivity contribution in [3.8, 4) is 0 Å². The predicted octanol–water partition coefficient (Wildman–Crippen LogP) is 3.31. The molecule has 0 aliphatic carbocycles. The van der Waals surface area contributed by atoms with E-state index < -0.39 is 20.2 Å². The van der Waals surface area contributed by atoms with Crippen molar-refractivity contribution in [2.24, 2.45) is 0 Å². The maximum absolute atomic E-state index is 12.2. The first-order valence-electron chi connectivity index (χ1n) is 4.39. The molecule has 0 N–H and O–H groups in total. The Morgan fingerprint density at radius 2 is 1.71 bits per heavy atom. The van der Waals surface area contributed by atoms with Crippen LogP contribution in [0, 0.1) is 0 Å². The number of hydrogen-bond donors (Lipinski definition) is 0. The number of alkyl halides is 4. The fourth-order valence-corrected chi connectivity index (χ4v) is 2.64. The lowest BCUT2D eigenvalue weighted by molar-refractivity contribution is -0.0436. The van der Waals surface area contributed by atoms with Gasteiger partial charge in [0.15, 0.2) is 0 Å². The summed E-state index contributed by atoms with van der Waals surface area (Å²) in [6.07, 6.45) is 0. The van der Waals surface area contributed by atoms with E-state index in [0.717, 1.165) is 12.1 Å². The minimum atomic E-state index is -5.27. The van der Waals surface area contributed by atoms with Crippen LogP contribution in [0.15, 0.2) is 34.1 Å². The van der Waals surface area contributed by atoms with Crippen molar-refractivity contribution in [1.29, 1.82) is 0 Å². The van der Waals surface area contributed by atoms with E-state index in [1.165, 1.54) is 23.9 Å². The number of thioether (sulfide) groups is 1. The van der Waals surface area contributed by atoms with Crippen LogP contribution in [-0.4, -0.2) is 25.6 Å². The van der Waals surface area contributed by atoms with Crippen LogP contribution < -0.4 is 0 Å². The Kier molecular flexibility index (Phi) is 4.74. The van der Waals surface area contributed by atoms with Gasteiger partial charge >= 0.3 is 5.51 Å². The molecule has 1 aromatic carbocycles. The van der Waals surface area contributed by atoms with E-state index in [9.17, 15) is 21.6 Å². The highest BCUT2D eigenvalue weighted by Gasteiger charge is 2.46. The number of sulfone groups is 1. The van der Waals surface area contributed by atoms with Gasteiger partial charge in [-0.25, -0.2) is 8.42 Å². The first-order chi connectivity index (χ1) is 7.79. The van der Waals surface area contributed by atoms with Crippen LogP contribution >= 0.6 is 23.4 Å². The van der Waals surface area contributed by atoms with Gasteiger partial charge in [0.2, 0.25) is 0 Å². The molecule has 0 saturated heterocycles. The van der Waals surface area contributed by atoms with Crippen LogP contribution in [-0.2, 0) is 9.84 Å². The highest BCUT2D eigenvalue weighted by Crippen LogP contribution is 2.31. The molecule has 0 amide bonds. The summed E-state index contributed by atoms with van der Waals surface area (Å²) in [5.41, 5.74) is -5.27. The molecule has 2 nitrogen and oxygen atoms in total. The zero-order valence-corrected chi connectivity index (χ0v) is 10.8. The molecule has 0 aliphatic rings. The van der Waals surface area contributed by atoms with Crippen LogP contribution in [0.4, 0.5) is 13.2 Å². The van der Waals surface area contributed by atoms with Crippen molar-refractivity contribution in [3.63, 3.8) is 0 Å². The minimum Gasteiger partial charge on any atom is -0.214 e. The molecule has 0 aliphatic heterocycles. The lowest BCUT2D eigenvalue weighted by Gasteiger charge is -2.08. The second-order valence-corrected chi connectivity index (χ2v) is 6.45. The van der Waals surface area contributed by atoms with Gasteiger partial charge in [0, 0.05) is 16.5 Å². The van der Waals surface area contributed by atoms with Crippen LogP contribution in [0.25, 0.3) is 0 Å². The summed E-state index contributed by atoms with van der Waals surface area (Å²) in [4.78, 5) is -0.0769. The molecule has 96 valence electrons. The van der Waals surface area contributed by atoms with Crippen molar-refractivity contribution < 1.29 is 21.6 Å². The van der Waals surface area contributed by atoms with E-state index in [0.29, 0.717) is 16.5 Å². The average molecular weight is 305 g/mol. The molecule has 0 heterocycles. The Bertz CT molecular complexity index is 468.